The van der Waals surface area contributed by atoms with Gasteiger partial charge in [-0.05, 0) is 29.8 Å². The molecule has 2 heterocycles. The third-order valence-corrected chi connectivity index (χ3v) is 4.85. The van der Waals surface area contributed by atoms with E-state index in [0.717, 1.165) is 0 Å². The fourth-order valence-electron chi connectivity index (χ4n) is 3.17. The van der Waals surface area contributed by atoms with Crippen LogP contribution in [-0.4, -0.2) is 11.0 Å². The zero-order chi connectivity index (χ0) is 16.8. The topological polar surface area (TPSA) is 59.2 Å². The molecule has 3 aromatic rings. The highest BCUT2D eigenvalue weighted by Crippen LogP contribution is 2.44. The fourth-order valence-corrected chi connectivity index (χ4v) is 3.83. The predicted octanol–water partition coefficient (Wildman–Crippen LogP) is 4.28. The number of carbonyl (C=O) groups is 1. The van der Waals surface area contributed by atoms with E-state index in [1.54, 1.807) is 36.4 Å². The zero-order valence-electron chi connectivity index (χ0n) is 12.3. The largest absolute Gasteiger partial charge is 0.425 e. The van der Waals surface area contributed by atoms with Crippen LogP contribution in [0.25, 0.3) is 10.9 Å². The van der Waals surface area contributed by atoms with Gasteiger partial charge in [0, 0.05) is 21.3 Å². The minimum atomic E-state index is -0.546. The van der Waals surface area contributed by atoms with Gasteiger partial charge in [-0.1, -0.05) is 41.4 Å². The zero-order valence-corrected chi connectivity index (χ0v) is 13.8. The number of para-hydroxylation sites is 1. The normalized spacial score (nSPS) is 16.8. The van der Waals surface area contributed by atoms with Crippen LogP contribution in [0.15, 0.2) is 47.3 Å². The number of pyridine rings is 1. The van der Waals surface area contributed by atoms with E-state index >= 15 is 0 Å². The van der Waals surface area contributed by atoms with Crippen molar-refractivity contribution in [3.8, 4) is 5.75 Å². The summed E-state index contributed by atoms with van der Waals surface area (Å²) in [7, 11) is 0. The molecule has 0 saturated heterocycles. The average molecular weight is 360 g/mol. The van der Waals surface area contributed by atoms with Crippen LogP contribution >= 0.6 is 23.2 Å². The first kappa shape index (κ1) is 15.2. The van der Waals surface area contributed by atoms with Crippen molar-refractivity contribution in [2.75, 3.05) is 0 Å². The van der Waals surface area contributed by atoms with E-state index < -0.39 is 11.9 Å². The Balaban J connectivity index is 2.07. The van der Waals surface area contributed by atoms with Gasteiger partial charge in [0.2, 0.25) is 0 Å². The first-order valence-electron chi connectivity index (χ1n) is 7.35. The first-order chi connectivity index (χ1) is 11.6. The molecule has 0 saturated carbocycles. The number of aromatic nitrogens is 1. The van der Waals surface area contributed by atoms with Gasteiger partial charge in [-0.3, -0.25) is 9.59 Å². The molecule has 0 fully saturated rings. The lowest BCUT2D eigenvalue weighted by Gasteiger charge is -2.26. The summed E-state index contributed by atoms with van der Waals surface area (Å²) in [4.78, 5) is 27.7. The smallest absolute Gasteiger partial charge is 0.312 e. The molecule has 4 rings (SSSR count). The molecule has 1 unspecified atom stereocenters. The van der Waals surface area contributed by atoms with Crippen molar-refractivity contribution in [2.45, 2.75) is 12.3 Å². The summed E-state index contributed by atoms with van der Waals surface area (Å²) in [5, 5.41) is 1.51. The van der Waals surface area contributed by atoms with Crippen LogP contribution in [-0.2, 0) is 4.79 Å². The Bertz CT molecular complexity index is 1020. The highest BCUT2D eigenvalue weighted by Gasteiger charge is 2.34. The monoisotopic (exact) mass is 359 g/mol. The lowest BCUT2D eigenvalue weighted by Crippen LogP contribution is -2.28. The first-order valence-corrected chi connectivity index (χ1v) is 8.11. The number of hydrogen-bond acceptors (Lipinski definition) is 3. The quantitative estimate of drug-likeness (QED) is 0.659. The summed E-state index contributed by atoms with van der Waals surface area (Å²) in [6.45, 7) is 0. The minimum Gasteiger partial charge on any atom is -0.425 e. The molecule has 0 aliphatic carbocycles. The highest BCUT2D eigenvalue weighted by molar-refractivity contribution is 6.36. The third kappa shape index (κ3) is 2.30. The van der Waals surface area contributed by atoms with Crippen molar-refractivity contribution in [3.63, 3.8) is 0 Å². The number of hydrogen-bond donors (Lipinski definition) is 1. The molecule has 1 aromatic heterocycles. The number of H-pyrrole nitrogens is 1. The summed E-state index contributed by atoms with van der Waals surface area (Å²) in [5.74, 6) is -0.679. The molecule has 4 nitrogen and oxygen atoms in total. The maximum atomic E-state index is 12.7. The van der Waals surface area contributed by atoms with Crippen molar-refractivity contribution in [1.82, 2.24) is 4.98 Å². The summed E-state index contributed by atoms with van der Waals surface area (Å²) < 4.78 is 5.41. The van der Waals surface area contributed by atoms with E-state index in [4.69, 9.17) is 27.9 Å². The van der Waals surface area contributed by atoms with Crippen LogP contribution in [0.3, 0.4) is 0 Å². The second kappa shape index (κ2) is 5.65. The van der Waals surface area contributed by atoms with E-state index in [9.17, 15) is 9.59 Å². The van der Waals surface area contributed by atoms with Crippen LogP contribution in [0.5, 0.6) is 5.75 Å². The summed E-state index contributed by atoms with van der Waals surface area (Å²) in [5.41, 5.74) is 1.25. The van der Waals surface area contributed by atoms with E-state index in [2.05, 4.69) is 4.98 Å². The Morgan fingerprint density at radius 2 is 1.67 bits per heavy atom. The number of ether oxygens (including phenoxy) is 1. The van der Waals surface area contributed by atoms with Crippen molar-refractivity contribution in [2.24, 2.45) is 0 Å². The number of fused-ring (bicyclic) bond motifs is 3. The van der Waals surface area contributed by atoms with Crippen molar-refractivity contribution in [3.05, 3.63) is 74.0 Å². The Morgan fingerprint density at radius 3 is 2.42 bits per heavy atom. The molecule has 0 radical (unpaired) electrons. The second-order valence-corrected chi connectivity index (χ2v) is 6.42. The van der Waals surface area contributed by atoms with Gasteiger partial charge >= 0.3 is 5.97 Å². The molecule has 1 aliphatic heterocycles. The van der Waals surface area contributed by atoms with Gasteiger partial charge in [0.15, 0.2) is 0 Å². The number of benzene rings is 2. The molecular formula is C18H11Cl2NO3. The molecule has 0 bridgehead atoms. The molecule has 0 amide bonds. The third-order valence-electron chi connectivity index (χ3n) is 4.19. The molecule has 24 heavy (non-hydrogen) atoms. The molecular weight excluding hydrogens is 349 g/mol. The molecule has 1 atom stereocenters. The average Bonchev–Trinajstić information content (AvgIpc) is 2.54. The van der Waals surface area contributed by atoms with Crippen LogP contribution in [0.4, 0.5) is 0 Å². The number of halogens is 2. The van der Waals surface area contributed by atoms with Gasteiger partial charge in [0.1, 0.15) is 5.75 Å². The Morgan fingerprint density at radius 1 is 0.958 bits per heavy atom. The van der Waals surface area contributed by atoms with Gasteiger partial charge in [0.05, 0.1) is 17.5 Å². The number of nitrogens with one attached hydrogen (secondary N) is 1. The van der Waals surface area contributed by atoms with Gasteiger partial charge in [-0.15, -0.1) is 0 Å². The molecule has 1 aliphatic rings. The van der Waals surface area contributed by atoms with E-state index in [0.29, 0.717) is 32.1 Å². The SMILES string of the molecule is O=C1CC(c2c(Cl)cccc2Cl)c2c(c3ccccc3[nH]c2=O)O1. The molecule has 1 N–H and O–H groups in total. The van der Waals surface area contributed by atoms with Crippen LogP contribution in [0.1, 0.15) is 23.5 Å². The van der Waals surface area contributed by atoms with E-state index in [-0.39, 0.29) is 17.7 Å². The number of aromatic amines is 1. The van der Waals surface area contributed by atoms with Crippen LogP contribution < -0.4 is 10.3 Å². The van der Waals surface area contributed by atoms with Crippen molar-refractivity contribution >= 4 is 40.1 Å². The fraction of sp³-hybridized carbons (Fsp3) is 0.111. The van der Waals surface area contributed by atoms with Gasteiger partial charge < -0.3 is 9.72 Å². The predicted molar refractivity (Wildman–Crippen MR) is 93.1 cm³/mol. The highest BCUT2D eigenvalue weighted by atomic mass is 35.5. The summed E-state index contributed by atoms with van der Waals surface area (Å²) >= 11 is 12.6. The molecule has 6 heteroatoms. The van der Waals surface area contributed by atoms with Gasteiger partial charge in [-0.2, -0.15) is 0 Å². The van der Waals surface area contributed by atoms with Gasteiger partial charge in [-0.25, -0.2) is 0 Å². The Hall–Kier alpha value is -2.30. The number of esters is 1. The summed E-state index contributed by atoms with van der Waals surface area (Å²) in [6, 6.07) is 12.3. The minimum absolute atomic E-state index is 0.0118. The maximum absolute atomic E-state index is 12.7. The summed E-state index contributed by atoms with van der Waals surface area (Å²) in [6.07, 6.45) is 0.0118. The van der Waals surface area contributed by atoms with E-state index in [1.165, 1.54) is 0 Å². The Kier molecular flexibility index (Phi) is 3.59. The van der Waals surface area contributed by atoms with Crippen LogP contribution in [0, 0.1) is 0 Å². The lowest BCUT2D eigenvalue weighted by molar-refractivity contribution is -0.135. The molecule has 120 valence electrons. The van der Waals surface area contributed by atoms with Crippen molar-refractivity contribution < 1.29 is 9.53 Å². The second-order valence-electron chi connectivity index (χ2n) is 5.61. The standard InChI is InChI=1S/C18H11Cl2NO3/c19-11-5-3-6-12(20)15(11)10-8-14(22)24-17-9-4-1-2-7-13(9)21-18(23)16(10)17/h1-7,10H,8H2,(H,21,23). The number of rotatable bonds is 1. The van der Waals surface area contributed by atoms with Gasteiger partial charge in [0.25, 0.3) is 5.56 Å². The maximum Gasteiger partial charge on any atom is 0.312 e. The van der Waals surface area contributed by atoms with Crippen molar-refractivity contribution in [1.29, 1.82) is 0 Å². The lowest BCUT2D eigenvalue weighted by atomic mass is 9.86. The molecule has 0 spiro atoms. The molecule has 2 aromatic carbocycles. The Labute approximate surface area is 147 Å². The van der Waals surface area contributed by atoms with E-state index in [1.807, 2.05) is 6.07 Å². The van der Waals surface area contributed by atoms with Crippen LogP contribution in [0.2, 0.25) is 10.0 Å². The number of carbonyl (C=O) groups excluding carboxylic acids is 1.